The van der Waals surface area contributed by atoms with Gasteiger partial charge in [-0.3, -0.25) is 0 Å². The van der Waals surface area contributed by atoms with E-state index in [0.717, 1.165) is 11.1 Å². The van der Waals surface area contributed by atoms with E-state index in [2.05, 4.69) is 4.98 Å². The molecular formula is C25H21NO3. The van der Waals surface area contributed by atoms with Crippen LogP contribution in [0.25, 0.3) is 11.1 Å². The van der Waals surface area contributed by atoms with Crippen molar-refractivity contribution in [3.05, 3.63) is 108 Å². The molecule has 0 aliphatic carbocycles. The lowest BCUT2D eigenvalue weighted by Crippen LogP contribution is -2.02. The minimum absolute atomic E-state index is 0.178. The van der Waals surface area contributed by atoms with Crippen molar-refractivity contribution in [1.82, 2.24) is 4.98 Å². The molecule has 0 aliphatic rings. The molecular weight excluding hydrogens is 362 g/mol. The van der Waals surface area contributed by atoms with Crippen LogP contribution in [0.3, 0.4) is 0 Å². The number of aromatic hydroxyl groups is 1. The van der Waals surface area contributed by atoms with Crippen molar-refractivity contribution in [3.8, 4) is 28.6 Å². The van der Waals surface area contributed by atoms with Gasteiger partial charge in [-0.15, -0.1) is 0 Å². The van der Waals surface area contributed by atoms with Crippen LogP contribution in [-0.2, 0) is 13.2 Å². The Bertz CT molecular complexity index is 1070. The number of ether oxygens (including phenoxy) is 2. The van der Waals surface area contributed by atoms with Crippen LogP contribution in [0, 0.1) is 0 Å². The lowest BCUT2D eigenvalue weighted by Gasteiger charge is -2.14. The van der Waals surface area contributed by atoms with Gasteiger partial charge in [-0.25, -0.2) is 0 Å². The largest absolute Gasteiger partial charge is 0.507 e. The summed E-state index contributed by atoms with van der Waals surface area (Å²) in [5.41, 5.74) is 3.47. The van der Waals surface area contributed by atoms with Crippen molar-refractivity contribution in [1.29, 1.82) is 0 Å². The molecule has 144 valence electrons. The zero-order valence-electron chi connectivity index (χ0n) is 15.9. The van der Waals surface area contributed by atoms with E-state index in [0.29, 0.717) is 36.1 Å². The van der Waals surface area contributed by atoms with E-state index in [-0.39, 0.29) is 5.75 Å². The van der Waals surface area contributed by atoms with Crippen molar-refractivity contribution in [2.45, 2.75) is 13.2 Å². The highest BCUT2D eigenvalue weighted by atomic mass is 16.5. The molecule has 0 bridgehead atoms. The van der Waals surface area contributed by atoms with Crippen LogP contribution in [0.1, 0.15) is 11.1 Å². The predicted molar refractivity (Wildman–Crippen MR) is 113 cm³/mol. The van der Waals surface area contributed by atoms with Crippen LogP contribution in [0.4, 0.5) is 0 Å². The summed E-state index contributed by atoms with van der Waals surface area (Å²) >= 11 is 0. The molecule has 0 saturated carbocycles. The van der Waals surface area contributed by atoms with Gasteiger partial charge >= 0.3 is 0 Å². The average Bonchev–Trinajstić information content (AvgIpc) is 2.78. The first kappa shape index (κ1) is 18.6. The number of phenolic OH excluding ortho intramolecular Hbond substituents is 1. The van der Waals surface area contributed by atoms with Crippen LogP contribution in [0.5, 0.6) is 17.5 Å². The minimum atomic E-state index is 0.178. The molecule has 29 heavy (non-hydrogen) atoms. The predicted octanol–water partition coefficient (Wildman–Crippen LogP) is 5.61. The monoisotopic (exact) mass is 383 g/mol. The number of para-hydroxylation sites is 1. The maximum atomic E-state index is 10.3. The first-order chi connectivity index (χ1) is 14.3. The number of hydrogen-bond donors (Lipinski definition) is 1. The Hall–Kier alpha value is -3.79. The highest BCUT2D eigenvalue weighted by Gasteiger charge is 2.14. The summed E-state index contributed by atoms with van der Waals surface area (Å²) in [6.07, 6.45) is 0. The molecule has 4 heteroatoms. The van der Waals surface area contributed by atoms with Gasteiger partial charge in [-0.1, -0.05) is 78.9 Å². The fourth-order valence-corrected chi connectivity index (χ4v) is 2.98. The van der Waals surface area contributed by atoms with E-state index in [4.69, 9.17) is 9.47 Å². The molecule has 0 amide bonds. The van der Waals surface area contributed by atoms with Crippen molar-refractivity contribution in [3.63, 3.8) is 0 Å². The summed E-state index contributed by atoms with van der Waals surface area (Å²) in [7, 11) is 0. The Morgan fingerprint density at radius 1 is 0.586 bits per heavy atom. The standard InChI is InChI=1S/C25H21NO3/c27-23-14-8-7-13-21(23)22-15-16-24(28-17-19-9-3-1-4-10-19)26-25(22)29-18-20-11-5-2-6-12-20/h1-16,27H,17-18H2. The zero-order valence-corrected chi connectivity index (χ0v) is 15.9. The second-order valence-corrected chi connectivity index (χ2v) is 6.57. The Labute approximate surface area is 170 Å². The maximum absolute atomic E-state index is 10.3. The van der Waals surface area contributed by atoms with Crippen LogP contribution >= 0.6 is 0 Å². The number of pyridine rings is 1. The van der Waals surface area contributed by atoms with Gasteiger partial charge in [0.05, 0.1) is 0 Å². The van der Waals surface area contributed by atoms with Gasteiger partial charge in [0.1, 0.15) is 19.0 Å². The fraction of sp³-hybridized carbons (Fsp3) is 0.0800. The topological polar surface area (TPSA) is 51.6 Å². The Balaban J connectivity index is 1.61. The summed E-state index contributed by atoms with van der Waals surface area (Å²) in [6, 6.07) is 30.6. The van der Waals surface area contributed by atoms with Crippen LogP contribution in [-0.4, -0.2) is 10.1 Å². The average molecular weight is 383 g/mol. The fourth-order valence-electron chi connectivity index (χ4n) is 2.98. The number of hydrogen-bond acceptors (Lipinski definition) is 4. The molecule has 1 aromatic heterocycles. The van der Waals surface area contributed by atoms with E-state index in [9.17, 15) is 5.11 Å². The van der Waals surface area contributed by atoms with E-state index in [1.165, 1.54) is 0 Å². The number of phenols is 1. The number of nitrogens with zero attached hydrogens (tertiary/aromatic N) is 1. The number of rotatable bonds is 7. The molecule has 0 fully saturated rings. The summed E-state index contributed by atoms with van der Waals surface area (Å²) in [5.74, 6) is 1.06. The normalized spacial score (nSPS) is 10.5. The minimum Gasteiger partial charge on any atom is -0.507 e. The van der Waals surface area contributed by atoms with Crippen molar-refractivity contribution in [2.24, 2.45) is 0 Å². The lowest BCUT2D eigenvalue weighted by atomic mass is 10.1. The van der Waals surface area contributed by atoms with Crippen molar-refractivity contribution >= 4 is 0 Å². The third-order valence-corrected chi connectivity index (χ3v) is 4.48. The van der Waals surface area contributed by atoms with Gasteiger partial charge in [-0.2, -0.15) is 4.98 Å². The highest BCUT2D eigenvalue weighted by molar-refractivity contribution is 5.74. The lowest BCUT2D eigenvalue weighted by molar-refractivity contribution is 0.268. The molecule has 0 atom stereocenters. The third kappa shape index (κ3) is 4.74. The highest BCUT2D eigenvalue weighted by Crippen LogP contribution is 2.36. The molecule has 0 radical (unpaired) electrons. The first-order valence-corrected chi connectivity index (χ1v) is 9.42. The second-order valence-electron chi connectivity index (χ2n) is 6.57. The Morgan fingerprint density at radius 3 is 1.83 bits per heavy atom. The van der Waals surface area contributed by atoms with Gasteiger partial charge in [0.25, 0.3) is 0 Å². The SMILES string of the molecule is Oc1ccccc1-c1ccc(OCc2ccccc2)nc1OCc1ccccc1. The maximum Gasteiger partial charge on any atom is 0.225 e. The Kier molecular flexibility index (Phi) is 5.72. The molecule has 4 aromatic rings. The van der Waals surface area contributed by atoms with Crippen molar-refractivity contribution < 1.29 is 14.6 Å². The summed E-state index contributed by atoms with van der Waals surface area (Å²) in [4.78, 5) is 4.56. The van der Waals surface area contributed by atoms with Gasteiger partial charge in [0, 0.05) is 17.2 Å². The molecule has 4 rings (SSSR count). The van der Waals surface area contributed by atoms with Gasteiger partial charge in [0.2, 0.25) is 11.8 Å². The van der Waals surface area contributed by atoms with Crippen LogP contribution < -0.4 is 9.47 Å². The van der Waals surface area contributed by atoms with Gasteiger partial charge in [-0.05, 0) is 23.3 Å². The number of benzene rings is 3. The van der Waals surface area contributed by atoms with E-state index < -0.39 is 0 Å². The van der Waals surface area contributed by atoms with Crippen LogP contribution in [0.2, 0.25) is 0 Å². The zero-order chi connectivity index (χ0) is 19.9. The Morgan fingerprint density at radius 2 is 1.17 bits per heavy atom. The molecule has 0 aliphatic heterocycles. The van der Waals surface area contributed by atoms with Gasteiger partial charge in [0.15, 0.2) is 0 Å². The van der Waals surface area contributed by atoms with E-state index >= 15 is 0 Å². The quantitative estimate of drug-likeness (QED) is 0.450. The van der Waals surface area contributed by atoms with Crippen LogP contribution in [0.15, 0.2) is 97.1 Å². The van der Waals surface area contributed by atoms with E-state index in [1.54, 1.807) is 18.2 Å². The molecule has 1 heterocycles. The molecule has 1 N–H and O–H groups in total. The summed E-state index contributed by atoms with van der Waals surface area (Å²) in [6.45, 7) is 0.790. The molecule has 0 spiro atoms. The van der Waals surface area contributed by atoms with E-state index in [1.807, 2.05) is 78.9 Å². The van der Waals surface area contributed by atoms with Crippen molar-refractivity contribution in [2.75, 3.05) is 0 Å². The summed E-state index contributed by atoms with van der Waals surface area (Å²) < 4.78 is 11.9. The molecule has 0 saturated heterocycles. The molecule has 0 unspecified atom stereocenters. The smallest absolute Gasteiger partial charge is 0.225 e. The first-order valence-electron chi connectivity index (χ1n) is 9.42. The number of aromatic nitrogens is 1. The second kappa shape index (κ2) is 8.93. The molecule has 3 aromatic carbocycles. The van der Waals surface area contributed by atoms with Gasteiger partial charge < -0.3 is 14.6 Å². The third-order valence-electron chi connectivity index (χ3n) is 4.48. The molecule has 4 nitrogen and oxygen atoms in total. The summed E-state index contributed by atoms with van der Waals surface area (Å²) in [5, 5.41) is 10.3.